The Labute approximate surface area is 123 Å². The smallest absolute Gasteiger partial charge is 0.417 e. The highest BCUT2D eigenvalue weighted by Gasteiger charge is 2.37. The number of aliphatic hydroxyl groups is 1. The Kier molecular flexibility index (Phi) is 4.03. The number of halogens is 3. The third-order valence-corrected chi connectivity index (χ3v) is 4.08. The standard InChI is InChI=1S/C13H12F3NO3S/c1-12(19)6-21-10(17-12)8-5-7(11(18)20-2)3-4-9(8)13(14,15)16/h3-5,19H,6H2,1-2H3. The van der Waals surface area contributed by atoms with Crippen LogP contribution in [0.5, 0.6) is 0 Å². The minimum Gasteiger partial charge on any atom is -0.465 e. The first-order chi connectivity index (χ1) is 9.64. The molecule has 1 heterocycles. The van der Waals surface area contributed by atoms with Crippen molar-refractivity contribution in [2.75, 3.05) is 12.9 Å². The second kappa shape index (κ2) is 5.34. The molecule has 21 heavy (non-hydrogen) atoms. The van der Waals surface area contributed by atoms with Gasteiger partial charge in [-0.2, -0.15) is 13.2 Å². The number of alkyl halides is 3. The van der Waals surface area contributed by atoms with Gasteiger partial charge in [0.2, 0.25) is 0 Å². The van der Waals surface area contributed by atoms with Gasteiger partial charge in [0, 0.05) is 11.3 Å². The molecule has 0 amide bonds. The van der Waals surface area contributed by atoms with Crippen molar-refractivity contribution in [1.82, 2.24) is 0 Å². The first kappa shape index (κ1) is 15.8. The van der Waals surface area contributed by atoms with E-state index < -0.39 is 23.4 Å². The number of carbonyl (C=O) groups is 1. The number of esters is 1. The second-order valence-corrected chi connectivity index (χ2v) is 5.64. The van der Waals surface area contributed by atoms with Gasteiger partial charge < -0.3 is 9.84 Å². The Hall–Kier alpha value is -1.54. The number of carbonyl (C=O) groups excluding carboxylic acids is 1. The van der Waals surface area contributed by atoms with Gasteiger partial charge in [0.1, 0.15) is 5.04 Å². The highest BCUT2D eigenvalue weighted by Crippen LogP contribution is 2.37. The number of rotatable bonds is 2. The predicted octanol–water partition coefficient (Wildman–Crippen LogP) is 2.69. The van der Waals surface area contributed by atoms with Crippen molar-refractivity contribution >= 4 is 22.8 Å². The Morgan fingerprint density at radius 1 is 1.48 bits per heavy atom. The summed E-state index contributed by atoms with van der Waals surface area (Å²) in [5.41, 5.74) is -2.55. The summed E-state index contributed by atoms with van der Waals surface area (Å²) < 4.78 is 43.7. The lowest BCUT2D eigenvalue weighted by Gasteiger charge is -2.13. The third-order valence-electron chi connectivity index (χ3n) is 2.80. The fraction of sp³-hybridized carbons (Fsp3) is 0.385. The quantitative estimate of drug-likeness (QED) is 0.852. The minimum absolute atomic E-state index is 0.00431. The van der Waals surface area contributed by atoms with Crippen LogP contribution in [0.1, 0.15) is 28.4 Å². The molecule has 2 rings (SSSR count). The summed E-state index contributed by atoms with van der Waals surface area (Å²) >= 11 is 1.01. The topological polar surface area (TPSA) is 58.9 Å². The largest absolute Gasteiger partial charge is 0.465 e. The molecule has 114 valence electrons. The van der Waals surface area contributed by atoms with Crippen LogP contribution in [0.4, 0.5) is 13.2 Å². The molecule has 0 spiro atoms. The number of nitrogens with zero attached hydrogens (tertiary/aromatic N) is 1. The van der Waals surface area contributed by atoms with Gasteiger partial charge in [-0.1, -0.05) is 0 Å². The molecule has 4 nitrogen and oxygen atoms in total. The molecule has 1 aliphatic rings. The van der Waals surface area contributed by atoms with Crippen LogP contribution < -0.4 is 0 Å². The summed E-state index contributed by atoms with van der Waals surface area (Å²) in [6, 6.07) is 2.95. The molecule has 8 heteroatoms. The monoisotopic (exact) mass is 319 g/mol. The molecule has 0 radical (unpaired) electrons. The van der Waals surface area contributed by atoms with Gasteiger partial charge in [-0.25, -0.2) is 9.79 Å². The van der Waals surface area contributed by atoms with E-state index in [1.165, 1.54) is 6.92 Å². The van der Waals surface area contributed by atoms with E-state index in [2.05, 4.69) is 9.73 Å². The number of methoxy groups -OCH3 is 1. The highest BCUT2D eigenvalue weighted by molar-refractivity contribution is 8.14. The van der Waals surface area contributed by atoms with Crippen LogP contribution in [0.3, 0.4) is 0 Å². The summed E-state index contributed by atoms with van der Waals surface area (Å²) in [5, 5.41) is 9.82. The van der Waals surface area contributed by atoms with Crippen molar-refractivity contribution in [3.05, 3.63) is 34.9 Å². The Bertz CT molecular complexity index is 611. The Morgan fingerprint density at radius 3 is 2.62 bits per heavy atom. The molecule has 0 saturated heterocycles. The van der Waals surface area contributed by atoms with Crippen molar-refractivity contribution in [3.63, 3.8) is 0 Å². The molecule has 1 aliphatic heterocycles. The number of hydrogen-bond acceptors (Lipinski definition) is 5. The van der Waals surface area contributed by atoms with Crippen LogP contribution in [0.15, 0.2) is 23.2 Å². The van der Waals surface area contributed by atoms with E-state index in [1.807, 2.05) is 0 Å². The predicted molar refractivity (Wildman–Crippen MR) is 72.4 cm³/mol. The van der Waals surface area contributed by atoms with Gasteiger partial charge in [-0.15, -0.1) is 11.8 Å². The van der Waals surface area contributed by atoms with Crippen molar-refractivity contribution < 1.29 is 27.8 Å². The lowest BCUT2D eigenvalue weighted by atomic mass is 10.0. The lowest BCUT2D eigenvalue weighted by molar-refractivity contribution is -0.137. The average Bonchev–Trinajstić information content (AvgIpc) is 2.76. The van der Waals surface area contributed by atoms with Crippen LogP contribution >= 0.6 is 11.8 Å². The van der Waals surface area contributed by atoms with Gasteiger partial charge in [-0.3, -0.25) is 0 Å². The molecule has 0 fully saturated rings. The Balaban J connectivity index is 2.57. The molecular formula is C13H12F3NO3S. The third kappa shape index (κ3) is 3.38. The summed E-state index contributed by atoms with van der Waals surface area (Å²) in [5.74, 6) is -0.581. The van der Waals surface area contributed by atoms with Gasteiger partial charge in [0.05, 0.1) is 18.2 Å². The van der Waals surface area contributed by atoms with E-state index in [0.717, 1.165) is 37.1 Å². The van der Waals surface area contributed by atoms with Gasteiger partial charge in [-0.05, 0) is 25.1 Å². The van der Waals surface area contributed by atoms with Crippen LogP contribution in [-0.2, 0) is 10.9 Å². The summed E-state index contributed by atoms with van der Waals surface area (Å²) in [6.07, 6.45) is -4.58. The van der Waals surface area contributed by atoms with E-state index in [1.54, 1.807) is 0 Å². The van der Waals surface area contributed by atoms with Crippen LogP contribution in [-0.4, -0.2) is 34.7 Å². The average molecular weight is 319 g/mol. The Morgan fingerprint density at radius 2 is 2.14 bits per heavy atom. The van der Waals surface area contributed by atoms with E-state index in [0.29, 0.717) is 0 Å². The number of ether oxygens (including phenoxy) is 1. The number of thioether (sulfide) groups is 1. The van der Waals surface area contributed by atoms with Crippen LogP contribution in [0.25, 0.3) is 0 Å². The maximum atomic E-state index is 13.1. The second-order valence-electron chi connectivity index (χ2n) is 4.67. The SMILES string of the molecule is COC(=O)c1ccc(C(F)(F)F)c(C2=NC(C)(O)CS2)c1. The first-order valence-corrected chi connectivity index (χ1v) is 6.87. The zero-order valence-electron chi connectivity index (χ0n) is 11.2. The molecular weight excluding hydrogens is 307 g/mol. The molecule has 1 aromatic carbocycles. The first-order valence-electron chi connectivity index (χ1n) is 5.89. The maximum absolute atomic E-state index is 13.1. The van der Waals surface area contributed by atoms with Crippen molar-refractivity contribution in [1.29, 1.82) is 0 Å². The number of hydrogen-bond donors (Lipinski definition) is 1. The molecule has 1 N–H and O–H groups in total. The van der Waals surface area contributed by atoms with E-state index >= 15 is 0 Å². The molecule has 0 aromatic heterocycles. The van der Waals surface area contributed by atoms with Crippen molar-refractivity contribution in [2.24, 2.45) is 4.99 Å². The van der Waals surface area contributed by atoms with Gasteiger partial charge in [0.25, 0.3) is 0 Å². The van der Waals surface area contributed by atoms with Crippen LogP contribution in [0.2, 0.25) is 0 Å². The normalized spacial score (nSPS) is 22.1. The van der Waals surface area contributed by atoms with E-state index in [9.17, 15) is 23.1 Å². The van der Waals surface area contributed by atoms with Gasteiger partial charge in [0.15, 0.2) is 5.72 Å². The fourth-order valence-electron chi connectivity index (χ4n) is 1.84. The molecule has 1 aromatic rings. The summed E-state index contributed by atoms with van der Waals surface area (Å²) in [4.78, 5) is 15.3. The molecule has 1 atom stereocenters. The molecule has 0 saturated carbocycles. The maximum Gasteiger partial charge on any atom is 0.417 e. The molecule has 0 bridgehead atoms. The zero-order chi connectivity index (χ0) is 15.8. The molecule has 1 unspecified atom stereocenters. The summed E-state index contributed by atoms with van der Waals surface area (Å²) in [6.45, 7) is 1.41. The van der Waals surface area contributed by atoms with E-state index in [-0.39, 0.29) is 21.9 Å². The fourth-order valence-corrected chi connectivity index (χ4v) is 2.90. The van der Waals surface area contributed by atoms with Crippen LogP contribution in [0, 0.1) is 0 Å². The zero-order valence-corrected chi connectivity index (χ0v) is 12.0. The lowest BCUT2D eigenvalue weighted by Crippen LogP contribution is -2.20. The summed E-state index contributed by atoms with van der Waals surface area (Å²) in [7, 11) is 1.15. The number of aliphatic imine (C=N–C) groups is 1. The van der Waals surface area contributed by atoms with E-state index in [4.69, 9.17) is 0 Å². The van der Waals surface area contributed by atoms with Gasteiger partial charge >= 0.3 is 12.1 Å². The minimum atomic E-state index is -4.58. The molecule has 0 aliphatic carbocycles. The van der Waals surface area contributed by atoms with Crippen molar-refractivity contribution in [3.8, 4) is 0 Å². The van der Waals surface area contributed by atoms with Crippen molar-refractivity contribution in [2.45, 2.75) is 18.8 Å². The highest BCUT2D eigenvalue weighted by atomic mass is 32.2. The number of benzene rings is 1.